The number of piperidine rings is 1. The lowest BCUT2D eigenvalue weighted by Crippen LogP contribution is -2.49. The molecule has 0 saturated carbocycles. The first-order valence-electron chi connectivity index (χ1n) is 13.1. The van der Waals surface area contributed by atoms with Gasteiger partial charge >= 0.3 is 11.8 Å². The van der Waals surface area contributed by atoms with Gasteiger partial charge in [-0.1, -0.05) is 24.6 Å². The van der Waals surface area contributed by atoms with Crippen LogP contribution in [0.25, 0.3) is 22.1 Å². The fraction of sp³-hybridized carbons (Fsp3) is 0.429. The highest BCUT2D eigenvalue weighted by atomic mass is 16.6. The normalized spacial score (nSPS) is 15.8. The van der Waals surface area contributed by atoms with Crippen molar-refractivity contribution < 1.29 is 9.53 Å². The SMILES string of the molecule is C#Cn1c(N2CCC[C@H](NC(=O)OC(C)(C)C)C2)nc2c1c(=O)n(Cc1nc(C)c3ccccc3n1)c(=O)n2C. The number of para-hydroxylation sites is 1. The van der Waals surface area contributed by atoms with E-state index in [0.29, 0.717) is 24.9 Å². The highest BCUT2D eigenvalue weighted by Gasteiger charge is 2.29. The number of amides is 1. The first-order valence-corrected chi connectivity index (χ1v) is 13.1. The van der Waals surface area contributed by atoms with Crippen molar-refractivity contribution in [2.45, 2.75) is 58.7 Å². The Kier molecular flexibility index (Phi) is 6.83. The zero-order valence-electron chi connectivity index (χ0n) is 23.3. The second-order valence-corrected chi connectivity index (χ2v) is 11.0. The molecule has 0 spiro atoms. The zero-order valence-corrected chi connectivity index (χ0v) is 23.3. The Hall–Kier alpha value is -4.66. The summed E-state index contributed by atoms with van der Waals surface area (Å²) in [6, 6.07) is 9.91. The average Bonchev–Trinajstić information content (AvgIpc) is 3.29. The monoisotopic (exact) mass is 544 g/mol. The second-order valence-electron chi connectivity index (χ2n) is 11.0. The van der Waals surface area contributed by atoms with Crippen LogP contribution in [0.4, 0.5) is 10.7 Å². The lowest BCUT2D eigenvalue weighted by atomic mass is 10.1. The summed E-state index contributed by atoms with van der Waals surface area (Å²) in [6.07, 6.45) is 6.90. The zero-order chi connectivity index (χ0) is 28.8. The standard InChI is InChI=1S/C28H32N8O4/c1-7-35-22-23(32-25(35)34-14-10-11-18(15-34)30-26(38)40-28(3,4)5)33(6)27(39)36(24(22)37)16-21-29-17(2)19-12-8-9-13-20(19)31-21/h1,8-9,12-13,18H,10-11,14-16H2,2-6H3,(H,30,38)/t18-/m0/s1. The fourth-order valence-corrected chi connectivity index (χ4v) is 5.04. The Bertz CT molecular complexity index is 1790. The van der Waals surface area contributed by atoms with Gasteiger partial charge < -0.3 is 15.0 Å². The van der Waals surface area contributed by atoms with Crippen LogP contribution in [0.3, 0.4) is 0 Å². The quantitative estimate of drug-likeness (QED) is 0.387. The Balaban J connectivity index is 1.52. The first kappa shape index (κ1) is 26.9. The molecule has 1 fully saturated rings. The number of carbonyl (C=O) groups is 1. The fourth-order valence-electron chi connectivity index (χ4n) is 5.04. The van der Waals surface area contributed by atoms with Crippen molar-refractivity contribution in [3.63, 3.8) is 0 Å². The average molecular weight is 545 g/mol. The van der Waals surface area contributed by atoms with E-state index in [0.717, 1.165) is 34.0 Å². The smallest absolute Gasteiger partial charge is 0.407 e. The summed E-state index contributed by atoms with van der Waals surface area (Å²) in [5, 5.41) is 3.81. The van der Waals surface area contributed by atoms with Gasteiger partial charge in [0.15, 0.2) is 11.2 Å². The van der Waals surface area contributed by atoms with E-state index >= 15 is 0 Å². The van der Waals surface area contributed by atoms with Crippen LogP contribution in [0, 0.1) is 19.4 Å². The molecule has 12 heteroatoms. The molecule has 0 aliphatic carbocycles. The highest BCUT2D eigenvalue weighted by Crippen LogP contribution is 2.23. The minimum Gasteiger partial charge on any atom is -0.444 e. The van der Waals surface area contributed by atoms with Gasteiger partial charge in [-0.05, 0) is 46.6 Å². The van der Waals surface area contributed by atoms with Crippen molar-refractivity contribution in [3.05, 3.63) is 56.6 Å². The van der Waals surface area contributed by atoms with Crippen molar-refractivity contribution >= 4 is 34.1 Å². The van der Waals surface area contributed by atoms with Crippen LogP contribution in [0.15, 0.2) is 33.9 Å². The number of carbonyl (C=O) groups excluding carboxylic acids is 1. The van der Waals surface area contributed by atoms with Crippen molar-refractivity contribution in [2.75, 3.05) is 18.0 Å². The predicted octanol–water partition coefficient (Wildman–Crippen LogP) is 2.13. The molecule has 1 aliphatic rings. The number of anilines is 1. The summed E-state index contributed by atoms with van der Waals surface area (Å²) in [4.78, 5) is 55.0. The van der Waals surface area contributed by atoms with Crippen LogP contribution in [-0.2, 0) is 18.3 Å². The summed E-state index contributed by atoms with van der Waals surface area (Å²) in [7, 11) is 1.55. The van der Waals surface area contributed by atoms with Gasteiger partial charge in [0, 0.05) is 43.3 Å². The Morgan fingerprint density at radius 1 is 1.20 bits per heavy atom. The third-order valence-corrected chi connectivity index (χ3v) is 6.82. The van der Waals surface area contributed by atoms with E-state index in [1.54, 1.807) is 27.8 Å². The van der Waals surface area contributed by atoms with Crippen LogP contribution >= 0.6 is 0 Å². The van der Waals surface area contributed by atoms with E-state index in [9.17, 15) is 14.4 Å². The van der Waals surface area contributed by atoms with Crippen molar-refractivity contribution in [1.82, 2.24) is 34.0 Å². The first-order chi connectivity index (χ1) is 19.0. The molecule has 0 bridgehead atoms. The molecule has 1 atom stereocenters. The van der Waals surface area contributed by atoms with Crippen LogP contribution in [0.1, 0.15) is 45.1 Å². The van der Waals surface area contributed by atoms with Gasteiger partial charge in [-0.15, -0.1) is 0 Å². The molecule has 4 heterocycles. The lowest BCUT2D eigenvalue weighted by molar-refractivity contribution is 0.0500. The molecule has 1 aliphatic heterocycles. The number of rotatable bonds is 4. The van der Waals surface area contributed by atoms with E-state index in [-0.39, 0.29) is 23.8 Å². The van der Waals surface area contributed by atoms with Gasteiger partial charge in [0.2, 0.25) is 5.95 Å². The van der Waals surface area contributed by atoms with Crippen LogP contribution in [-0.4, -0.2) is 59.5 Å². The Morgan fingerprint density at radius 3 is 2.67 bits per heavy atom. The molecule has 208 valence electrons. The third-order valence-electron chi connectivity index (χ3n) is 6.82. The van der Waals surface area contributed by atoms with E-state index in [1.807, 2.05) is 36.1 Å². The molecule has 1 amide bonds. The van der Waals surface area contributed by atoms with Crippen LogP contribution < -0.4 is 21.5 Å². The van der Waals surface area contributed by atoms with E-state index in [1.165, 1.54) is 9.13 Å². The summed E-state index contributed by atoms with van der Waals surface area (Å²) < 4.78 is 9.15. The Morgan fingerprint density at radius 2 is 1.95 bits per heavy atom. The number of benzene rings is 1. The van der Waals surface area contributed by atoms with Gasteiger partial charge in [0.05, 0.1) is 12.1 Å². The molecule has 0 radical (unpaired) electrons. The number of alkyl carbamates (subject to hydrolysis) is 1. The number of aromatic nitrogens is 6. The van der Waals surface area contributed by atoms with Crippen LogP contribution in [0.2, 0.25) is 0 Å². The summed E-state index contributed by atoms with van der Waals surface area (Å²) >= 11 is 0. The van der Waals surface area contributed by atoms with Gasteiger partial charge in [-0.2, -0.15) is 4.98 Å². The number of terminal acetylenes is 1. The van der Waals surface area contributed by atoms with Gasteiger partial charge in [0.25, 0.3) is 5.56 Å². The molecule has 12 nitrogen and oxygen atoms in total. The highest BCUT2D eigenvalue weighted by molar-refractivity contribution is 5.80. The van der Waals surface area contributed by atoms with E-state index in [4.69, 9.17) is 11.2 Å². The molecule has 4 aromatic rings. The minimum absolute atomic E-state index is 0.110. The summed E-state index contributed by atoms with van der Waals surface area (Å²) in [5.41, 5.74) is 0.0231. The maximum absolute atomic E-state index is 13.7. The second kappa shape index (κ2) is 10.1. The number of aryl methyl sites for hydroxylation is 2. The number of hydrogen-bond acceptors (Lipinski definition) is 8. The molecular weight excluding hydrogens is 512 g/mol. The number of ether oxygens (including phenoxy) is 1. The number of nitrogens with zero attached hydrogens (tertiary/aromatic N) is 7. The third kappa shape index (κ3) is 5.02. The molecule has 1 saturated heterocycles. The number of hydrogen-bond donors (Lipinski definition) is 1. The van der Waals surface area contributed by atoms with Gasteiger partial charge in [0.1, 0.15) is 11.4 Å². The molecule has 3 aromatic heterocycles. The topological polar surface area (TPSA) is 129 Å². The van der Waals surface area contributed by atoms with E-state index < -0.39 is 22.9 Å². The minimum atomic E-state index is -0.614. The molecule has 0 unspecified atom stereocenters. The lowest BCUT2D eigenvalue weighted by Gasteiger charge is -2.33. The molecular formula is C28H32N8O4. The molecule has 5 rings (SSSR count). The van der Waals surface area contributed by atoms with Gasteiger partial charge in [-0.3, -0.25) is 13.9 Å². The van der Waals surface area contributed by atoms with E-state index in [2.05, 4.69) is 26.3 Å². The predicted molar refractivity (Wildman–Crippen MR) is 151 cm³/mol. The van der Waals surface area contributed by atoms with Crippen molar-refractivity contribution in [3.8, 4) is 12.5 Å². The van der Waals surface area contributed by atoms with Gasteiger partial charge in [-0.25, -0.2) is 24.1 Å². The van der Waals surface area contributed by atoms with Crippen molar-refractivity contribution in [1.29, 1.82) is 0 Å². The molecule has 1 aromatic carbocycles. The maximum atomic E-state index is 13.7. The van der Waals surface area contributed by atoms with Crippen LogP contribution in [0.5, 0.6) is 0 Å². The summed E-state index contributed by atoms with van der Waals surface area (Å²) in [6.45, 7) is 8.18. The summed E-state index contributed by atoms with van der Waals surface area (Å²) in [5.74, 6) is 0.699. The Labute approximate surface area is 230 Å². The molecule has 40 heavy (non-hydrogen) atoms. The number of fused-ring (bicyclic) bond motifs is 2. The molecule has 1 N–H and O–H groups in total. The number of nitrogens with one attached hydrogen (secondary N) is 1. The van der Waals surface area contributed by atoms with Crippen molar-refractivity contribution in [2.24, 2.45) is 7.05 Å². The maximum Gasteiger partial charge on any atom is 0.407 e. The largest absolute Gasteiger partial charge is 0.444 e. The number of imidazole rings is 1.